The normalized spacial score (nSPS) is 11.6. The third kappa shape index (κ3) is 10.1. The van der Waals surface area contributed by atoms with Crippen molar-refractivity contribution < 1.29 is 9.53 Å². The van der Waals surface area contributed by atoms with Gasteiger partial charge >= 0.3 is 0 Å². The van der Waals surface area contributed by atoms with Crippen molar-refractivity contribution in [1.82, 2.24) is 10.6 Å². The molecular formula is C20H32N2O2S. The molecule has 0 aliphatic heterocycles. The lowest BCUT2D eigenvalue weighted by molar-refractivity contribution is -0.119. The molecule has 0 saturated carbocycles. The number of benzene rings is 1. The molecule has 25 heavy (non-hydrogen) atoms. The standard InChI is InChI=1S/C20H32N2O2S/c1-4-6-8-17(5-2)15-21-20(25)22-19(23)9-7-14-24-18-12-10-16(3)11-13-18/h10-13,17H,4-9,14-15H2,1-3H3,(H2,21,22,23,25). The van der Waals surface area contributed by atoms with Gasteiger partial charge in [-0.3, -0.25) is 4.79 Å². The van der Waals surface area contributed by atoms with E-state index >= 15 is 0 Å². The highest BCUT2D eigenvalue weighted by Gasteiger charge is 2.08. The Morgan fingerprint density at radius 2 is 1.92 bits per heavy atom. The molecule has 5 heteroatoms. The molecule has 0 fully saturated rings. The van der Waals surface area contributed by atoms with Crippen molar-refractivity contribution in [3.8, 4) is 5.75 Å². The molecule has 1 aromatic rings. The lowest BCUT2D eigenvalue weighted by Gasteiger charge is -2.16. The van der Waals surface area contributed by atoms with Gasteiger partial charge in [0.15, 0.2) is 5.11 Å². The van der Waals surface area contributed by atoms with Crippen LogP contribution in [0.5, 0.6) is 5.75 Å². The summed E-state index contributed by atoms with van der Waals surface area (Å²) in [6.45, 7) is 7.78. The molecule has 0 radical (unpaired) electrons. The first kappa shape index (κ1) is 21.4. The van der Waals surface area contributed by atoms with Gasteiger partial charge in [0.1, 0.15) is 5.75 Å². The molecule has 1 rings (SSSR count). The van der Waals surface area contributed by atoms with Crippen molar-refractivity contribution in [2.24, 2.45) is 5.92 Å². The maximum Gasteiger partial charge on any atom is 0.226 e. The first-order valence-corrected chi connectivity index (χ1v) is 9.73. The van der Waals surface area contributed by atoms with Crippen molar-refractivity contribution in [2.75, 3.05) is 13.2 Å². The molecule has 0 spiro atoms. The van der Waals surface area contributed by atoms with E-state index in [0.717, 1.165) is 18.7 Å². The molecule has 0 saturated heterocycles. The Morgan fingerprint density at radius 3 is 2.56 bits per heavy atom. The number of thiocarbonyl (C=S) groups is 1. The zero-order chi connectivity index (χ0) is 18.5. The molecule has 0 aliphatic rings. The SMILES string of the molecule is CCCCC(CC)CNC(=S)NC(=O)CCCOc1ccc(C)cc1. The minimum Gasteiger partial charge on any atom is -0.494 e. The van der Waals surface area contributed by atoms with Crippen molar-refractivity contribution in [2.45, 2.75) is 59.3 Å². The average Bonchev–Trinajstić information content (AvgIpc) is 2.60. The fourth-order valence-electron chi connectivity index (χ4n) is 2.47. The highest BCUT2D eigenvalue weighted by Crippen LogP contribution is 2.12. The number of ether oxygens (including phenoxy) is 1. The van der Waals surface area contributed by atoms with Crippen LogP contribution in [0.4, 0.5) is 0 Å². The van der Waals surface area contributed by atoms with E-state index in [4.69, 9.17) is 17.0 Å². The summed E-state index contributed by atoms with van der Waals surface area (Å²) < 4.78 is 5.62. The number of nitrogens with one attached hydrogen (secondary N) is 2. The van der Waals surface area contributed by atoms with E-state index in [1.165, 1.54) is 24.8 Å². The van der Waals surface area contributed by atoms with Crippen molar-refractivity contribution >= 4 is 23.2 Å². The number of carbonyl (C=O) groups excluding carboxylic acids is 1. The smallest absolute Gasteiger partial charge is 0.226 e. The first-order chi connectivity index (χ1) is 12.0. The monoisotopic (exact) mass is 364 g/mol. The van der Waals surface area contributed by atoms with Crippen LogP contribution in [0.1, 0.15) is 57.9 Å². The molecular weight excluding hydrogens is 332 g/mol. The third-order valence-electron chi connectivity index (χ3n) is 4.19. The lowest BCUT2D eigenvalue weighted by atomic mass is 9.99. The molecule has 1 unspecified atom stereocenters. The van der Waals surface area contributed by atoms with Gasteiger partial charge in [-0.25, -0.2) is 0 Å². The van der Waals surface area contributed by atoms with Crippen LogP contribution in [0.25, 0.3) is 0 Å². The second kappa shape index (κ2) is 12.7. The number of aryl methyl sites for hydroxylation is 1. The summed E-state index contributed by atoms with van der Waals surface area (Å²) in [6.07, 6.45) is 5.84. The van der Waals surface area contributed by atoms with Gasteiger partial charge in [0.05, 0.1) is 6.61 Å². The van der Waals surface area contributed by atoms with Gasteiger partial charge in [-0.2, -0.15) is 0 Å². The van der Waals surface area contributed by atoms with Crippen LogP contribution in [0.3, 0.4) is 0 Å². The number of hydrogen-bond donors (Lipinski definition) is 2. The summed E-state index contributed by atoms with van der Waals surface area (Å²) in [5.74, 6) is 1.38. The van der Waals surface area contributed by atoms with Gasteiger partial charge in [-0.05, 0) is 50.0 Å². The predicted molar refractivity (Wildman–Crippen MR) is 108 cm³/mol. The van der Waals surface area contributed by atoms with Crippen LogP contribution in [0.2, 0.25) is 0 Å². The number of unbranched alkanes of at least 4 members (excludes halogenated alkanes) is 1. The van der Waals surface area contributed by atoms with Crippen LogP contribution in [0.15, 0.2) is 24.3 Å². The van der Waals surface area contributed by atoms with Crippen LogP contribution in [-0.2, 0) is 4.79 Å². The van der Waals surface area contributed by atoms with Gasteiger partial charge < -0.3 is 15.4 Å². The van der Waals surface area contributed by atoms with Crippen molar-refractivity contribution in [3.63, 3.8) is 0 Å². The highest BCUT2D eigenvalue weighted by molar-refractivity contribution is 7.80. The molecule has 0 aromatic heterocycles. The second-order valence-electron chi connectivity index (χ2n) is 6.44. The molecule has 1 amide bonds. The Bertz CT molecular complexity index is 517. The van der Waals surface area contributed by atoms with Gasteiger partial charge in [-0.1, -0.05) is 50.8 Å². The zero-order valence-electron chi connectivity index (χ0n) is 15.8. The van der Waals surface area contributed by atoms with E-state index in [9.17, 15) is 4.79 Å². The van der Waals surface area contributed by atoms with Crippen LogP contribution < -0.4 is 15.4 Å². The Hall–Kier alpha value is -1.62. The fraction of sp³-hybridized carbons (Fsp3) is 0.600. The van der Waals surface area contributed by atoms with Gasteiger partial charge in [-0.15, -0.1) is 0 Å². The summed E-state index contributed by atoms with van der Waals surface area (Å²) in [5.41, 5.74) is 1.20. The Balaban J connectivity index is 2.14. The highest BCUT2D eigenvalue weighted by atomic mass is 32.1. The van der Waals surface area contributed by atoms with Gasteiger partial charge in [0.2, 0.25) is 5.91 Å². The molecule has 0 heterocycles. The molecule has 1 atom stereocenters. The largest absolute Gasteiger partial charge is 0.494 e. The number of carbonyl (C=O) groups is 1. The fourth-order valence-corrected chi connectivity index (χ4v) is 2.67. The van der Waals surface area contributed by atoms with Crippen molar-refractivity contribution in [1.29, 1.82) is 0 Å². The summed E-state index contributed by atoms with van der Waals surface area (Å²) in [6, 6.07) is 7.90. The van der Waals surface area contributed by atoms with Crippen molar-refractivity contribution in [3.05, 3.63) is 29.8 Å². The molecule has 0 aliphatic carbocycles. The van der Waals surface area contributed by atoms with E-state index in [2.05, 4.69) is 24.5 Å². The summed E-state index contributed by atoms with van der Waals surface area (Å²) in [4.78, 5) is 11.9. The quantitative estimate of drug-likeness (QED) is 0.452. The summed E-state index contributed by atoms with van der Waals surface area (Å²) in [5, 5.41) is 6.34. The molecule has 4 nitrogen and oxygen atoms in total. The van der Waals surface area contributed by atoms with E-state index in [-0.39, 0.29) is 5.91 Å². The van der Waals surface area contributed by atoms with Crippen LogP contribution in [-0.4, -0.2) is 24.2 Å². The predicted octanol–water partition coefficient (Wildman–Crippen LogP) is 4.36. The third-order valence-corrected chi connectivity index (χ3v) is 4.43. The van der Waals surface area contributed by atoms with E-state index in [1.54, 1.807) is 0 Å². The zero-order valence-corrected chi connectivity index (χ0v) is 16.6. The summed E-state index contributed by atoms with van der Waals surface area (Å²) >= 11 is 5.20. The molecule has 2 N–H and O–H groups in total. The maximum atomic E-state index is 11.9. The van der Waals surface area contributed by atoms with E-state index < -0.39 is 0 Å². The lowest BCUT2D eigenvalue weighted by Crippen LogP contribution is -2.41. The number of amides is 1. The summed E-state index contributed by atoms with van der Waals surface area (Å²) in [7, 11) is 0. The van der Waals surface area contributed by atoms with Gasteiger partial charge in [0, 0.05) is 13.0 Å². The second-order valence-corrected chi connectivity index (χ2v) is 6.85. The average molecular weight is 365 g/mol. The number of hydrogen-bond acceptors (Lipinski definition) is 3. The van der Waals surface area contributed by atoms with Gasteiger partial charge in [0.25, 0.3) is 0 Å². The molecule has 0 bridgehead atoms. The Kier molecular flexibility index (Phi) is 10.9. The Labute approximate surface area is 157 Å². The number of rotatable bonds is 11. The van der Waals surface area contributed by atoms with Crippen LogP contribution >= 0.6 is 12.2 Å². The minimum atomic E-state index is -0.0633. The minimum absolute atomic E-state index is 0.0633. The first-order valence-electron chi connectivity index (χ1n) is 9.32. The van der Waals surface area contributed by atoms with E-state index in [0.29, 0.717) is 30.5 Å². The maximum absolute atomic E-state index is 11.9. The van der Waals surface area contributed by atoms with E-state index in [1.807, 2.05) is 31.2 Å². The molecule has 140 valence electrons. The molecule has 1 aromatic carbocycles. The topological polar surface area (TPSA) is 50.4 Å². The van der Waals surface area contributed by atoms with Crippen LogP contribution in [0, 0.1) is 12.8 Å². The Morgan fingerprint density at radius 1 is 1.20 bits per heavy atom.